The number of carbonyl (C=O) groups excluding carboxylic acids is 1. The first-order chi connectivity index (χ1) is 10.2. The molecule has 112 valence electrons. The fourth-order valence-electron chi connectivity index (χ4n) is 3.24. The van der Waals surface area contributed by atoms with E-state index in [2.05, 4.69) is 4.98 Å². The van der Waals surface area contributed by atoms with Crippen molar-refractivity contribution in [3.63, 3.8) is 0 Å². The van der Waals surface area contributed by atoms with Crippen molar-refractivity contribution in [1.82, 2.24) is 9.88 Å². The van der Waals surface area contributed by atoms with E-state index in [1.54, 1.807) is 6.20 Å². The summed E-state index contributed by atoms with van der Waals surface area (Å²) in [5.41, 5.74) is 8.02. The Bertz CT molecular complexity index is 644. The normalized spacial score (nSPS) is 15.7. The molecule has 0 radical (unpaired) electrons. The number of benzene rings is 1. The van der Waals surface area contributed by atoms with Crippen LogP contribution in [0.1, 0.15) is 36.0 Å². The molecule has 0 spiro atoms. The highest BCUT2D eigenvalue weighted by atomic mass is 16.3. The Morgan fingerprint density at radius 3 is 2.86 bits per heavy atom. The lowest BCUT2D eigenvalue weighted by atomic mass is 10.1. The Balaban J connectivity index is 1.95. The first-order valence-corrected chi connectivity index (χ1v) is 7.49. The number of H-pyrrole nitrogens is 1. The molecule has 1 saturated carbocycles. The van der Waals surface area contributed by atoms with Gasteiger partial charge in [0.2, 0.25) is 0 Å². The van der Waals surface area contributed by atoms with Gasteiger partial charge < -0.3 is 20.7 Å². The maximum Gasteiger partial charge on any atom is 0.256 e. The molecule has 0 bridgehead atoms. The number of anilines is 1. The van der Waals surface area contributed by atoms with Crippen LogP contribution in [-0.4, -0.2) is 40.1 Å². The summed E-state index contributed by atoms with van der Waals surface area (Å²) in [6, 6.07) is 5.77. The van der Waals surface area contributed by atoms with Gasteiger partial charge in [0.05, 0.1) is 12.2 Å². The maximum atomic E-state index is 12.9. The molecule has 3 rings (SSSR count). The molecule has 5 heteroatoms. The van der Waals surface area contributed by atoms with Crippen LogP contribution in [0.3, 0.4) is 0 Å². The van der Waals surface area contributed by atoms with Crippen molar-refractivity contribution in [2.75, 3.05) is 18.9 Å². The standard InChI is InChI=1S/C16H21N3O2/c17-11-5-6-15-13(9-11)14(10-18-15)16(21)19(7-8-20)12-3-1-2-4-12/h5-6,9-10,12,18,20H,1-4,7-8,17H2. The lowest BCUT2D eigenvalue weighted by Gasteiger charge is -2.28. The van der Waals surface area contributed by atoms with Crippen molar-refractivity contribution >= 4 is 22.5 Å². The molecule has 2 aromatic rings. The van der Waals surface area contributed by atoms with Crippen molar-refractivity contribution in [2.24, 2.45) is 0 Å². The first-order valence-electron chi connectivity index (χ1n) is 7.49. The third-order valence-corrected chi connectivity index (χ3v) is 4.30. The molecule has 21 heavy (non-hydrogen) atoms. The number of rotatable bonds is 4. The number of aliphatic hydroxyl groups excluding tert-OH is 1. The third-order valence-electron chi connectivity index (χ3n) is 4.30. The smallest absolute Gasteiger partial charge is 0.256 e. The van der Waals surface area contributed by atoms with Crippen molar-refractivity contribution in [1.29, 1.82) is 0 Å². The summed E-state index contributed by atoms with van der Waals surface area (Å²) in [6.07, 6.45) is 6.10. The van der Waals surface area contributed by atoms with Crippen LogP contribution < -0.4 is 5.73 Å². The van der Waals surface area contributed by atoms with Crippen LogP contribution in [-0.2, 0) is 0 Å². The minimum Gasteiger partial charge on any atom is -0.399 e. The van der Waals surface area contributed by atoms with Gasteiger partial charge in [-0.15, -0.1) is 0 Å². The number of nitrogens with zero attached hydrogens (tertiary/aromatic N) is 1. The zero-order valence-electron chi connectivity index (χ0n) is 12.0. The fraction of sp³-hybridized carbons (Fsp3) is 0.438. The van der Waals surface area contributed by atoms with Crippen molar-refractivity contribution in [3.05, 3.63) is 30.0 Å². The van der Waals surface area contributed by atoms with E-state index in [1.807, 2.05) is 23.1 Å². The van der Waals surface area contributed by atoms with Crippen molar-refractivity contribution in [2.45, 2.75) is 31.7 Å². The Morgan fingerprint density at radius 1 is 1.38 bits per heavy atom. The van der Waals surface area contributed by atoms with Crippen LogP contribution in [0.2, 0.25) is 0 Å². The summed E-state index contributed by atoms with van der Waals surface area (Å²) in [5, 5.41) is 10.1. The number of nitrogens with two attached hydrogens (primary N) is 1. The Labute approximate surface area is 123 Å². The zero-order valence-corrected chi connectivity index (χ0v) is 12.0. The van der Waals surface area contributed by atoms with Gasteiger partial charge in [-0.25, -0.2) is 0 Å². The number of hydrogen-bond donors (Lipinski definition) is 3. The number of aromatic amines is 1. The van der Waals surface area contributed by atoms with Crippen LogP contribution in [0.25, 0.3) is 10.9 Å². The monoisotopic (exact) mass is 287 g/mol. The molecule has 1 aliphatic rings. The number of nitrogen functional groups attached to an aromatic ring is 1. The molecule has 0 unspecified atom stereocenters. The van der Waals surface area contributed by atoms with Gasteiger partial charge in [0.1, 0.15) is 0 Å². The summed E-state index contributed by atoms with van der Waals surface area (Å²) in [6.45, 7) is 0.380. The second-order valence-electron chi connectivity index (χ2n) is 5.67. The van der Waals surface area contributed by atoms with E-state index < -0.39 is 0 Å². The SMILES string of the molecule is Nc1ccc2[nH]cc(C(=O)N(CCO)C3CCCC3)c2c1. The average Bonchev–Trinajstić information content (AvgIpc) is 3.13. The van der Waals surface area contributed by atoms with Crippen LogP contribution in [0, 0.1) is 0 Å². The van der Waals surface area contributed by atoms with Crippen molar-refractivity contribution < 1.29 is 9.90 Å². The van der Waals surface area contributed by atoms with E-state index in [0.29, 0.717) is 17.8 Å². The van der Waals surface area contributed by atoms with Crippen LogP contribution >= 0.6 is 0 Å². The minimum atomic E-state index is -0.0206. The number of fused-ring (bicyclic) bond motifs is 1. The largest absolute Gasteiger partial charge is 0.399 e. The maximum absolute atomic E-state index is 12.9. The first kappa shape index (κ1) is 13.9. The van der Waals surface area contributed by atoms with Gasteiger partial charge in [-0.1, -0.05) is 12.8 Å². The van der Waals surface area contributed by atoms with Gasteiger partial charge in [-0.05, 0) is 31.0 Å². The Kier molecular flexibility index (Phi) is 3.84. The second-order valence-corrected chi connectivity index (χ2v) is 5.67. The molecule has 0 aliphatic heterocycles. The molecular formula is C16H21N3O2. The number of amides is 1. The molecular weight excluding hydrogens is 266 g/mol. The molecule has 0 atom stereocenters. The summed E-state index contributed by atoms with van der Waals surface area (Å²) in [5.74, 6) is -0.0206. The van der Waals surface area contributed by atoms with Gasteiger partial charge in [0.25, 0.3) is 5.91 Å². The van der Waals surface area contributed by atoms with Gasteiger partial charge >= 0.3 is 0 Å². The molecule has 1 heterocycles. The molecule has 4 N–H and O–H groups in total. The quantitative estimate of drug-likeness (QED) is 0.753. The summed E-state index contributed by atoms with van der Waals surface area (Å²) < 4.78 is 0. The van der Waals surface area contributed by atoms with E-state index in [0.717, 1.165) is 36.6 Å². The highest BCUT2D eigenvalue weighted by Gasteiger charge is 2.28. The minimum absolute atomic E-state index is 0.00721. The van der Waals surface area contributed by atoms with Gasteiger partial charge in [-0.2, -0.15) is 0 Å². The molecule has 1 aromatic heterocycles. The topological polar surface area (TPSA) is 82.4 Å². The second kappa shape index (κ2) is 5.77. The predicted molar refractivity (Wildman–Crippen MR) is 83.1 cm³/mol. The number of aromatic nitrogens is 1. The van der Waals surface area contributed by atoms with Gasteiger partial charge in [0.15, 0.2) is 0 Å². The van der Waals surface area contributed by atoms with Crippen LogP contribution in [0.4, 0.5) is 5.69 Å². The number of hydrogen-bond acceptors (Lipinski definition) is 3. The predicted octanol–water partition coefficient (Wildman–Crippen LogP) is 2.13. The Morgan fingerprint density at radius 2 is 2.14 bits per heavy atom. The number of nitrogens with one attached hydrogen (secondary N) is 1. The average molecular weight is 287 g/mol. The summed E-state index contributed by atoms with van der Waals surface area (Å²) >= 11 is 0. The highest BCUT2D eigenvalue weighted by molar-refractivity contribution is 6.07. The Hall–Kier alpha value is -2.01. The van der Waals surface area contributed by atoms with Crippen LogP contribution in [0.5, 0.6) is 0 Å². The van der Waals surface area contributed by atoms with Crippen molar-refractivity contribution in [3.8, 4) is 0 Å². The molecule has 1 amide bonds. The van der Waals surface area contributed by atoms with E-state index in [9.17, 15) is 9.90 Å². The molecule has 0 saturated heterocycles. The molecule has 5 nitrogen and oxygen atoms in total. The fourth-order valence-corrected chi connectivity index (χ4v) is 3.24. The van der Waals surface area contributed by atoms with E-state index in [4.69, 9.17) is 5.73 Å². The number of aliphatic hydroxyl groups is 1. The van der Waals surface area contributed by atoms with E-state index in [-0.39, 0.29) is 18.6 Å². The highest BCUT2D eigenvalue weighted by Crippen LogP contribution is 2.27. The molecule has 1 aromatic carbocycles. The number of carbonyl (C=O) groups is 1. The van der Waals surface area contributed by atoms with E-state index in [1.165, 1.54) is 0 Å². The molecule has 1 aliphatic carbocycles. The van der Waals surface area contributed by atoms with Gasteiger partial charge in [0, 0.05) is 35.4 Å². The van der Waals surface area contributed by atoms with Gasteiger partial charge in [-0.3, -0.25) is 4.79 Å². The lowest BCUT2D eigenvalue weighted by molar-refractivity contribution is 0.0640. The lowest BCUT2D eigenvalue weighted by Crippen LogP contribution is -2.40. The van der Waals surface area contributed by atoms with Crippen LogP contribution in [0.15, 0.2) is 24.4 Å². The zero-order chi connectivity index (χ0) is 14.8. The summed E-state index contributed by atoms with van der Waals surface area (Å²) in [4.78, 5) is 17.8. The summed E-state index contributed by atoms with van der Waals surface area (Å²) in [7, 11) is 0. The van der Waals surface area contributed by atoms with E-state index >= 15 is 0 Å². The molecule has 1 fully saturated rings. The third kappa shape index (κ3) is 2.61.